The number of benzene rings is 2. The molecule has 0 unspecified atom stereocenters. The molecule has 3 heterocycles. The molecule has 5 rings (SSSR count). The van der Waals surface area contributed by atoms with Gasteiger partial charge < -0.3 is 25.3 Å². The maximum Gasteiger partial charge on any atom is 0.354 e. The van der Waals surface area contributed by atoms with Gasteiger partial charge in [-0.3, -0.25) is 4.79 Å². The SMILES string of the molecule is C.COC(=O)c1ccc(CNC(=O)c2cc(C(=O)O)n3nncc3n2)cc1.Cc1nc2cc(CN)ccc2o1.Cl. The fraction of sp³-hybridized carbons (Fsp3) is 0.192. The quantitative estimate of drug-likeness (QED) is 0.255. The van der Waals surface area contributed by atoms with Crippen LogP contribution >= 0.6 is 12.4 Å². The number of carbonyl (C=O) groups excluding carboxylic acids is 2. The second-order valence-corrected chi connectivity index (χ2v) is 7.95. The van der Waals surface area contributed by atoms with E-state index in [0.29, 0.717) is 18.0 Å². The minimum atomic E-state index is -1.25. The highest BCUT2D eigenvalue weighted by molar-refractivity contribution is 5.96. The van der Waals surface area contributed by atoms with Crippen LogP contribution in [0.5, 0.6) is 0 Å². The number of rotatable bonds is 6. The van der Waals surface area contributed by atoms with Crippen molar-refractivity contribution in [1.82, 2.24) is 30.1 Å². The number of aromatic nitrogens is 5. The van der Waals surface area contributed by atoms with Gasteiger partial charge >= 0.3 is 11.9 Å². The van der Waals surface area contributed by atoms with Crippen LogP contribution in [-0.4, -0.2) is 54.9 Å². The Morgan fingerprint density at radius 3 is 2.42 bits per heavy atom. The van der Waals surface area contributed by atoms with Crippen LogP contribution in [0.25, 0.3) is 16.7 Å². The number of aryl methyl sites for hydroxylation is 1. The molecule has 0 bridgehead atoms. The molecule has 0 atom stereocenters. The molecule has 3 aromatic heterocycles. The van der Waals surface area contributed by atoms with E-state index in [0.717, 1.165) is 32.8 Å². The first-order chi connectivity index (χ1) is 18.3. The number of carboxylic acid groups (broad SMARTS) is 1. The molecule has 0 aliphatic rings. The first-order valence-corrected chi connectivity index (χ1v) is 11.3. The lowest BCUT2D eigenvalue weighted by molar-refractivity contribution is 0.0599. The number of hydrogen-bond donors (Lipinski definition) is 3. The molecule has 2 aromatic carbocycles. The number of nitrogens with zero attached hydrogens (tertiary/aromatic N) is 5. The second kappa shape index (κ2) is 13.8. The number of oxazole rings is 1. The van der Waals surface area contributed by atoms with E-state index in [4.69, 9.17) is 10.2 Å². The Morgan fingerprint density at radius 2 is 1.77 bits per heavy atom. The average Bonchev–Trinajstić information content (AvgIpc) is 3.56. The summed E-state index contributed by atoms with van der Waals surface area (Å²) in [5.41, 5.74) is 9.28. The van der Waals surface area contributed by atoms with Gasteiger partial charge in [-0.2, -0.15) is 4.52 Å². The Hall–Kier alpha value is -4.88. The van der Waals surface area contributed by atoms with Crippen LogP contribution in [0.15, 0.2) is 59.1 Å². The van der Waals surface area contributed by atoms with Gasteiger partial charge in [-0.1, -0.05) is 30.8 Å². The summed E-state index contributed by atoms with van der Waals surface area (Å²) in [5, 5.41) is 19.1. The molecule has 210 valence electrons. The summed E-state index contributed by atoms with van der Waals surface area (Å²) in [5.74, 6) is -1.56. The summed E-state index contributed by atoms with van der Waals surface area (Å²) in [6.45, 7) is 2.55. The van der Waals surface area contributed by atoms with Crippen molar-refractivity contribution in [2.45, 2.75) is 27.4 Å². The van der Waals surface area contributed by atoms with E-state index in [-0.39, 0.29) is 43.4 Å². The molecular formula is C26H28ClN7O6. The molecule has 0 radical (unpaired) electrons. The molecule has 5 aromatic rings. The molecule has 1 amide bonds. The zero-order valence-electron chi connectivity index (χ0n) is 20.8. The van der Waals surface area contributed by atoms with E-state index in [1.165, 1.54) is 13.3 Å². The van der Waals surface area contributed by atoms with Crippen molar-refractivity contribution in [3.63, 3.8) is 0 Å². The highest BCUT2D eigenvalue weighted by Gasteiger charge is 2.17. The van der Waals surface area contributed by atoms with E-state index in [1.807, 2.05) is 25.1 Å². The third-order valence-corrected chi connectivity index (χ3v) is 5.34. The standard InChI is InChI=1S/C16H13N5O5.C9H10N2O.CH4.ClH/c1-26-16(25)10-4-2-9(3-5-10)7-17-14(22)11-6-12(15(23)24)21-13(19-11)8-18-20-21;1-6-11-8-4-7(5-10)2-3-9(8)12-6;;/h2-6,8H,7H2,1H3,(H,17,22)(H,23,24);2-4H,5,10H2,1H3;1H4;1H. The molecule has 14 heteroatoms. The van der Waals surface area contributed by atoms with E-state index in [9.17, 15) is 19.5 Å². The van der Waals surface area contributed by atoms with Crippen LogP contribution in [0.1, 0.15) is 55.8 Å². The zero-order chi connectivity index (χ0) is 27.2. The number of hydrogen-bond acceptors (Lipinski definition) is 10. The van der Waals surface area contributed by atoms with E-state index < -0.39 is 17.8 Å². The van der Waals surface area contributed by atoms with Crippen molar-refractivity contribution < 1.29 is 28.6 Å². The number of esters is 1. The van der Waals surface area contributed by atoms with E-state index in [1.54, 1.807) is 24.3 Å². The van der Waals surface area contributed by atoms with Crippen LogP contribution in [0.4, 0.5) is 0 Å². The normalized spacial score (nSPS) is 10.1. The van der Waals surface area contributed by atoms with Crippen molar-refractivity contribution in [1.29, 1.82) is 0 Å². The number of ether oxygens (including phenoxy) is 1. The number of carboxylic acids is 1. The van der Waals surface area contributed by atoms with Gasteiger partial charge in [0.05, 0.1) is 18.9 Å². The smallest absolute Gasteiger partial charge is 0.354 e. The first kappa shape index (κ1) is 31.3. The number of aromatic carboxylic acids is 1. The molecule has 0 saturated carbocycles. The molecule has 0 spiro atoms. The summed E-state index contributed by atoms with van der Waals surface area (Å²) in [7, 11) is 1.29. The number of amides is 1. The minimum Gasteiger partial charge on any atom is -0.477 e. The Kier molecular flexibility index (Phi) is 10.8. The molecule has 13 nitrogen and oxygen atoms in total. The molecular weight excluding hydrogens is 542 g/mol. The van der Waals surface area contributed by atoms with Crippen LogP contribution in [0.2, 0.25) is 0 Å². The number of carbonyl (C=O) groups is 3. The molecule has 4 N–H and O–H groups in total. The van der Waals surface area contributed by atoms with Gasteiger partial charge in [0.25, 0.3) is 5.91 Å². The van der Waals surface area contributed by atoms with Crippen molar-refractivity contribution >= 4 is 47.0 Å². The summed E-state index contributed by atoms with van der Waals surface area (Å²) >= 11 is 0. The highest BCUT2D eigenvalue weighted by atomic mass is 35.5. The number of fused-ring (bicyclic) bond motifs is 2. The topological polar surface area (TPSA) is 188 Å². The Bertz CT molecular complexity index is 1630. The lowest BCUT2D eigenvalue weighted by atomic mass is 10.1. The Balaban J connectivity index is 0.000000337. The maximum atomic E-state index is 12.3. The van der Waals surface area contributed by atoms with Crippen LogP contribution in [-0.2, 0) is 17.8 Å². The van der Waals surface area contributed by atoms with Gasteiger partial charge in [-0.25, -0.2) is 19.6 Å². The third kappa shape index (κ3) is 7.15. The summed E-state index contributed by atoms with van der Waals surface area (Å²) in [4.78, 5) is 43.2. The van der Waals surface area contributed by atoms with Gasteiger partial charge in [0.15, 0.2) is 22.8 Å². The van der Waals surface area contributed by atoms with E-state index >= 15 is 0 Å². The van der Waals surface area contributed by atoms with Gasteiger partial charge in [-0.15, -0.1) is 17.5 Å². The maximum absolute atomic E-state index is 12.3. The Morgan fingerprint density at radius 1 is 1.07 bits per heavy atom. The molecule has 0 aliphatic carbocycles. The minimum absolute atomic E-state index is 0. The Labute approximate surface area is 234 Å². The van der Waals surface area contributed by atoms with Crippen LogP contribution in [0.3, 0.4) is 0 Å². The predicted molar refractivity (Wildman–Crippen MR) is 147 cm³/mol. The summed E-state index contributed by atoms with van der Waals surface area (Å²) < 4.78 is 11.0. The van der Waals surface area contributed by atoms with Crippen LogP contribution in [0, 0.1) is 6.92 Å². The fourth-order valence-corrected chi connectivity index (χ4v) is 3.46. The molecule has 0 saturated heterocycles. The molecule has 0 aliphatic heterocycles. The van der Waals surface area contributed by atoms with Crippen molar-refractivity contribution in [3.05, 3.63) is 88.7 Å². The highest BCUT2D eigenvalue weighted by Crippen LogP contribution is 2.16. The zero-order valence-corrected chi connectivity index (χ0v) is 21.6. The lowest BCUT2D eigenvalue weighted by Crippen LogP contribution is -2.25. The van der Waals surface area contributed by atoms with Gasteiger partial charge in [0.1, 0.15) is 11.2 Å². The van der Waals surface area contributed by atoms with Crippen molar-refractivity contribution in [3.8, 4) is 0 Å². The predicted octanol–water partition coefficient (Wildman–Crippen LogP) is 3.19. The first-order valence-electron chi connectivity index (χ1n) is 11.3. The average molecular weight is 570 g/mol. The van der Waals surface area contributed by atoms with E-state index in [2.05, 4.69) is 30.3 Å². The molecule has 0 fully saturated rings. The summed E-state index contributed by atoms with van der Waals surface area (Å²) in [6, 6.07) is 13.4. The van der Waals surface area contributed by atoms with Gasteiger partial charge in [0, 0.05) is 26.1 Å². The number of halogens is 1. The number of nitrogens with one attached hydrogen (secondary N) is 1. The second-order valence-electron chi connectivity index (χ2n) is 7.95. The van der Waals surface area contributed by atoms with Gasteiger partial charge in [0.2, 0.25) is 0 Å². The third-order valence-electron chi connectivity index (χ3n) is 5.34. The fourth-order valence-electron chi connectivity index (χ4n) is 3.46. The summed E-state index contributed by atoms with van der Waals surface area (Å²) in [6.07, 6.45) is 1.26. The number of methoxy groups -OCH3 is 1. The van der Waals surface area contributed by atoms with Crippen molar-refractivity contribution in [2.75, 3.05) is 7.11 Å². The largest absolute Gasteiger partial charge is 0.477 e. The van der Waals surface area contributed by atoms with Gasteiger partial charge in [-0.05, 0) is 35.4 Å². The monoisotopic (exact) mass is 569 g/mol. The van der Waals surface area contributed by atoms with Crippen LogP contribution < -0.4 is 11.1 Å². The lowest BCUT2D eigenvalue weighted by Gasteiger charge is -2.07. The van der Waals surface area contributed by atoms with Crippen molar-refractivity contribution in [2.24, 2.45) is 5.73 Å². The molecule has 40 heavy (non-hydrogen) atoms. The number of nitrogens with two attached hydrogens (primary N) is 1.